The van der Waals surface area contributed by atoms with E-state index in [4.69, 9.17) is 17.0 Å². The van der Waals surface area contributed by atoms with Crippen LogP contribution >= 0.6 is 44.1 Å². The van der Waals surface area contributed by atoms with Gasteiger partial charge < -0.3 is 10.1 Å². The van der Waals surface area contributed by atoms with E-state index < -0.39 is 23.6 Å². The Hall–Kier alpha value is -2.63. The topological polar surface area (TPSA) is 100 Å². The molecule has 0 aliphatic carbocycles. The fourth-order valence-corrected chi connectivity index (χ4v) is 4.07. The van der Waals surface area contributed by atoms with Crippen molar-refractivity contribution in [3.63, 3.8) is 0 Å². The van der Waals surface area contributed by atoms with E-state index in [2.05, 4.69) is 47.7 Å². The largest absolute Gasteiger partial charge is 0.483 e. The molecule has 3 amide bonds. The number of carbonyl (C=O) groups excluding carboxylic acids is 3. The van der Waals surface area contributed by atoms with Gasteiger partial charge in [-0.1, -0.05) is 33.6 Å². The summed E-state index contributed by atoms with van der Waals surface area (Å²) < 4.78 is 6.94. The van der Waals surface area contributed by atoms with Gasteiger partial charge in [-0.3, -0.25) is 19.3 Å². The summed E-state index contributed by atoms with van der Waals surface area (Å²) in [6, 6.07) is 12.4. The number of nitrogens with one attached hydrogen (secondary N) is 2. The molecule has 1 fully saturated rings. The van der Waals surface area contributed by atoms with Gasteiger partial charge in [0.15, 0.2) is 17.6 Å². The van der Waals surface area contributed by atoms with E-state index >= 15 is 0 Å². The van der Waals surface area contributed by atoms with Crippen molar-refractivity contribution >= 4 is 78.8 Å². The number of thiocarbonyl (C=S) groups is 1. The van der Waals surface area contributed by atoms with Gasteiger partial charge in [0, 0.05) is 10.7 Å². The van der Waals surface area contributed by atoms with Crippen molar-refractivity contribution in [2.45, 2.75) is 6.92 Å². The number of anilines is 1. The molecule has 0 aromatic heterocycles. The molecule has 2 aromatic rings. The van der Waals surface area contributed by atoms with E-state index in [1.165, 1.54) is 4.90 Å². The molecule has 2 N–H and O–H groups in total. The first-order valence-electron chi connectivity index (χ1n) is 8.91. The van der Waals surface area contributed by atoms with E-state index in [1.807, 2.05) is 19.1 Å². The first-order valence-corrected chi connectivity index (χ1v) is 10.9. The van der Waals surface area contributed by atoms with Crippen LogP contribution in [0.4, 0.5) is 5.69 Å². The van der Waals surface area contributed by atoms with Gasteiger partial charge in [-0.15, -0.1) is 0 Å². The van der Waals surface area contributed by atoms with Crippen LogP contribution in [0, 0.1) is 12.8 Å². The van der Waals surface area contributed by atoms with E-state index in [0.717, 1.165) is 16.3 Å². The highest BCUT2D eigenvalue weighted by Crippen LogP contribution is 2.28. The molecule has 3 rings (SSSR count). The van der Waals surface area contributed by atoms with Crippen molar-refractivity contribution in [3.05, 3.63) is 57.0 Å². The van der Waals surface area contributed by atoms with Crippen LogP contribution in [-0.4, -0.2) is 35.7 Å². The molecule has 2 aromatic carbocycles. The summed E-state index contributed by atoms with van der Waals surface area (Å²) in [5.41, 5.74) is 3.78. The minimum absolute atomic E-state index is 0.0130. The third-order valence-corrected chi connectivity index (χ3v) is 5.56. The van der Waals surface area contributed by atoms with Gasteiger partial charge in [0.1, 0.15) is 5.75 Å². The van der Waals surface area contributed by atoms with Gasteiger partial charge in [-0.05, 0) is 65.4 Å². The van der Waals surface area contributed by atoms with Crippen molar-refractivity contribution in [1.82, 2.24) is 10.7 Å². The zero-order valence-corrected chi connectivity index (χ0v) is 20.1. The summed E-state index contributed by atoms with van der Waals surface area (Å²) in [6.07, 6.45) is 1.06. The molecular formula is C20H16Br2N4O4S. The molecule has 0 spiro atoms. The molecule has 11 heteroatoms. The third-order valence-electron chi connectivity index (χ3n) is 4.16. The number of ether oxygens (including phenoxy) is 1. The van der Waals surface area contributed by atoms with Crippen LogP contribution in [0.2, 0.25) is 0 Å². The molecule has 1 aliphatic rings. The van der Waals surface area contributed by atoms with Gasteiger partial charge in [-0.25, -0.2) is 5.43 Å². The van der Waals surface area contributed by atoms with Crippen molar-refractivity contribution in [2.24, 2.45) is 11.0 Å². The minimum Gasteiger partial charge on any atom is -0.483 e. The molecule has 8 nitrogen and oxygen atoms in total. The van der Waals surface area contributed by atoms with Crippen molar-refractivity contribution in [1.29, 1.82) is 0 Å². The predicted octanol–water partition coefficient (Wildman–Crippen LogP) is 3.06. The number of hydrazone groups is 1. The smallest absolute Gasteiger partial charge is 0.277 e. The van der Waals surface area contributed by atoms with Crippen LogP contribution in [0.25, 0.3) is 0 Å². The quantitative estimate of drug-likeness (QED) is 0.242. The normalized spacial score (nSPS) is 16.4. The van der Waals surface area contributed by atoms with Gasteiger partial charge in [0.2, 0.25) is 5.91 Å². The molecule has 160 valence electrons. The number of nitrogens with zero attached hydrogens (tertiary/aromatic N) is 2. The summed E-state index contributed by atoms with van der Waals surface area (Å²) in [6.45, 7) is 1.61. The first kappa shape index (κ1) is 23.0. The SMILES string of the molecule is Cc1ccc(N2C(=O)[C@H](/C=N\NC(=O)COc3ccc(Br)cc3Br)C(=O)NC2=S)cc1. The Balaban J connectivity index is 1.61. The maximum atomic E-state index is 12.8. The number of hydrogen-bond donors (Lipinski definition) is 2. The Bertz CT molecular complexity index is 1080. The maximum Gasteiger partial charge on any atom is 0.277 e. The standard InChI is InChI=1S/C20H16Br2N4O4S/c1-11-2-5-13(6-3-11)26-19(29)14(18(28)24-20(26)31)9-23-25-17(27)10-30-16-7-4-12(21)8-15(16)22/h2-9,14H,10H2,1H3,(H,25,27)(H,24,28,31)/b23-9-/t14-/m1/s1. The molecule has 31 heavy (non-hydrogen) atoms. The number of hydrogen-bond acceptors (Lipinski definition) is 6. The van der Waals surface area contributed by atoms with E-state index in [1.54, 1.807) is 30.3 Å². The lowest BCUT2D eigenvalue weighted by molar-refractivity contribution is -0.130. The monoisotopic (exact) mass is 566 g/mol. The van der Waals surface area contributed by atoms with Gasteiger partial charge in [0.25, 0.3) is 11.8 Å². The third kappa shape index (κ3) is 5.75. The van der Waals surface area contributed by atoms with Crippen LogP contribution in [-0.2, 0) is 14.4 Å². The Kier molecular flexibility index (Phi) is 7.52. The molecule has 0 radical (unpaired) electrons. The summed E-state index contributed by atoms with van der Waals surface area (Å²) in [5, 5.41) is 6.20. The van der Waals surface area contributed by atoms with Gasteiger partial charge in [0.05, 0.1) is 10.2 Å². The molecule has 1 atom stereocenters. The van der Waals surface area contributed by atoms with E-state index in [0.29, 0.717) is 15.9 Å². The Labute approximate surface area is 200 Å². The number of carbonyl (C=O) groups is 3. The highest BCUT2D eigenvalue weighted by Gasteiger charge is 2.38. The highest BCUT2D eigenvalue weighted by molar-refractivity contribution is 9.11. The van der Waals surface area contributed by atoms with Crippen molar-refractivity contribution in [2.75, 3.05) is 11.5 Å². The lowest BCUT2D eigenvalue weighted by Crippen LogP contribution is -2.58. The Morgan fingerprint density at radius 2 is 1.97 bits per heavy atom. The lowest BCUT2D eigenvalue weighted by atomic mass is 10.1. The summed E-state index contributed by atoms with van der Waals surface area (Å²) in [5.74, 6) is -2.50. The second-order valence-corrected chi connectivity index (χ2v) is 8.61. The molecule has 0 unspecified atom stereocenters. The zero-order valence-electron chi connectivity index (χ0n) is 16.1. The molecule has 0 bridgehead atoms. The Morgan fingerprint density at radius 3 is 2.65 bits per heavy atom. The van der Waals surface area contributed by atoms with Crippen LogP contribution in [0.1, 0.15) is 5.56 Å². The maximum absolute atomic E-state index is 12.8. The number of rotatable bonds is 6. The molecule has 1 aliphatic heterocycles. The van der Waals surface area contributed by atoms with Gasteiger partial charge >= 0.3 is 0 Å². The van der Waals surface area contributed by atoms with Crippen molar-refractivity contribution in [3.8, 4) is 5.75 Å². The summed E-state index contributed by atoms with van der Waals surface area (Å²) >= 11 is 11.8. The van der Waals surface area contributed by atoms with Crippen LogP contribution in [0.5, 0.6) is 5.75 Å². The highest BCUT2D eigenvalue weighted by atomic mass is 79.9. The number of aryl methyl sites for hydroxylation is 1. The molecule has 1 saturated heterocycles. The number of amides is 3. The summed E-state index contributed by atoms with van der Waals surface area (Å²) in [4.78, 5) is 38.2. The summed E-state index contributed by atoms with van der Waals surface area (Å²) in [7, 11) is 0. The second-order valence-electron chi connectivity index (χ2n) is 6.46. The lowest BCUT2D eigenvalue weighted by Gasteiger charge is -2.30. The number of benzene rings is 2. The van der Waals surface area contributed by atoms with E-state index in [9.17, 15) is 14.4 Å². The molecule has 0 saturated carbocycles. The van der Waals surface area contributed by atoms with Crippen LogP contribution in [0.3, 0.4) is 0 Å². The van der Waals surface area contributed by atoms with E-state index in [-0.39, 0.29) is 11.7 Å². The second kappa shape index (κ2) is 10.1. The van der Waals surface area contributed by atoms with Crippen molar-refractivity contribution < 1.29 is 19.1 Å². The first-order chi connectivity index (χ1) is 14.8. The average Bonchev–Trinajstić information content (AvgIpc) is 2.71. The minimum atomic E-state index is -1.24. The predicted molar refractivity (Wildman–Crippen MR) is 127 cm³/mol. The zero-order chi connectivity index (χ0) is 22.5. The molecular weight excluding hydrogens is 552 g/mol. The van der Waals surface area contributed by atoms with Crippen LogP contribution in [0.15, 0.2) is 56.5 Å². The molecule has 1 heterocycles. The average molecular weight is 568 g/mol. The van der Waals surface area contributed by atoms with Gasteiger partial charge in [-0.2, -0.15) is 5.10 Å². The Morgan fingerprint density at radius 1 is 1.26 bits per heavy atom. The fourth-order valence-electron chi connectivity index (χ4n) is 2.61. The number of halogens is 2. The fraction of sp³-hybridized carbons (Fsp3) is 0.150. The van der Waals surface area contributed by atoms with Crippen LogP contribution < -0.4 is 20.4 Å².